The van der Waals surface area contributed by atoms with E-state index in [1.54, 1.807) is 7.11 Å². The predicted octanol–water partition coefficient (Wildman–Crippen LogP) is 0.481. The molecule has 0 saturated carbocycles. The molecule has 102 valence electrons. The average Bonchev–Trinajstić information content (AvgIpc) is 2.63. The zero-order chi connectivity index (χ0) is 13.5. The molecular weight excluding hydrogens is 248 g/mol. The summed E-state index contributed by atoms with van der Waals surface area (Å²) in [5.41, 5.74) is 0. The molecule has 0 fully saturated rings. The van der Waals surface area contributed by atoms with Crippen molar-refractivity contribution in [3.63, 3.8) is 0 Å². The van der Waals surface area contributed by atoms with Crippen molar-refractivity contribution in [2.75, 3.05) is 27.4 Å². The van der Waals surface area contributed by atoms with E-state index in [0.29, 0.717) is 0 Å². The molecule has 0 aromatic rings. The number of hydrogen-bond acceptors (Lipinski definition) is 6. The third kappa shape index (κ3) is 7.97. The lowest BCUT2D eigenvalue weighted by atomic mass is 10.6. The van der Waals surface area contributed by atoms with Gasteiger partial charge < -0.3 is 14.5 Å². The van der Waals surface area contributed by atoms with Crippen LogP contribution in [0.1, 0.15) is 13.8 Å². The van der Waals surface area contributed by atoms with Gasteiger partial charge in [0.05, 0.1) is 13.3 Å². The van der Waals surface area contributed by atoms with Crippen LogP contribution in [0.5, 0.6) is 0 Å². The van der Waals surface area contributed by atoms with Gasteiger partial charge >= 0.3 is 10.4 Å². The van der Waals surface area contributed by atoms with E-state index in [0.717, 1.165) is 6.67 Å². The van der Waals surface area contributed by atoms with Crippen molar-refractivity contribution in [1.29, 1.82) is 0 Å². The van der Waals surface area contributed by atoms with Crippen LogP contribution in [0.2, 0.25) is 0 Å². The maximum Gasteiger partial charge on any atom is 0.397 e. The van der Waals surface area contributed by atoms with Gasteiger partial charge in [0.25, 0.3) is 0 Å². The van der Waals surface area contributed by atoms with Gasteiger partial charge in [-0.1, -0.05) is 0 Å². The van der Waals surface area contributed by atoms with Gasteiger partial charge in [-0.25, -0.2) is 4.18 Å². The van der Waals surface area contributed by atoms with Crippen LogP contribution in [0.3, 0.4) is 0 Å². The predicted molar refractivity (Wildman–Crippen MR) is 63.3 cm³/mol. The normalized spacial score (nSPS) is 16.8. The molecule has 17 heavy (non-hydrogen) atoms. The Kier molecular flexibility index (Phi) is 7.12. The second kappa shape index (κ2) is 7.49. The molecule has 1 aliphatic rings. The van der Waals surface area contributed by atoms with E-state index < -0.39 is 10.4 Å². The number of ether oxygens (including phenoxy) is 1. The largest absolute Gasteiger partial charge is 0.397 e. The molecule has 7 nitrogen and oxygen atoms in total. The minimum absolute atomic E-state index is 0.0289. The van der Waals surface area contributed by atoms with Gasteiger partial charge in [0.2, 0.25) is 0 Å². The maximum atomic E-state index is 9.56. The van der Waals surface area contributed by atoms with Crippen LogP contribution in [0.25, 0.3) is 0 Å². The third-order valence-electron chi connectivity index (χ3n) is 1.97. The number of methoxy groups -OCH3 is 1. The minimum atomic E-state index is -4.17. The van der Waals surface area contributed by atoms with Gasteiger partial charge in [-0.3, -0.25) is 4.55 Å². The van der Waals surface area contributed by atoms with Crippen LogP contribution in [0, 0.1) is 0 Å². The molecule has 8 heteroatoms. The van der Waals surface area contributed by atoms with Crippen LogP contribution in [-0.4, -0.2) is 56.4 Å². The summed E-state index contributed by atoms with van der Waals surface area (Å²) in [6, 6.07) is 0. The van der Waals surface area contributed by atoms with Crippen LogP contribution in [-0.2, 0) is 19.3 Å². The monoisotopic (exact) mass is 268 g/mol. The molecule has 1 aliphatic heterocycles. The van der Waals surface area contributed by atoms with E-state index in [1.165, 1.54) is 6.92 Å². The number of hydrogen-bond donors (Lipinski definition) is 1. The summed E-state index contributed by atoms with van der Waals surface area (Å²) < 4.78 is 35.8. The molecule has 0 aromatic heterocycles. The Morgan fingerprint density at radius 3 is 2.29 bits per heavy atom. The second-order valence-corrected chi connectivity index (χ2v) is 4.47. The Hall–Kier alpha value is -0.830. The molecule has 0 radical (unpaired) electrons. The van der Waals surface area contributed by atoms with Gasteiger partial charge in [0.15, 0.2) is 0 Å². The zero-order valence-corrected chi connectivity index (χ0v) is 11.3. The highest BCUT2D eigenvalue weighted by atomic mass is 32.3. The first-order chi connectivity index (χ1) is 7.80. The summed E-state index contributed by atoms with van der Waals surface area (Å²) in [4.78, 5) is 4.23. The fourth-order valence-electron chi connectivity index (χ4n) is 1.07. The Balaban J connectivity index is 0.000000325. The first-order valence-corrected chi connectivity index (χ1v) is 6.45. The fraction of sp³-hybridized carbons (Fsp3) is 0.778. The second-order valence-electron chi connectivity index (χ2n) is 3.38. The van der Waals surface area contributed by atoms with E-state index >= 15 is 0 Å². The summed E-state index contributed by atoms with van der Waals surface area (Å²) in [6.07, 6.45) is 4.25. The first-order valence-electron chi connectivity index (χ1n) is 5.09. The molecule has 1 unspecified atom stereocenters. The lowest BCUT2D eigenvalue weighted by Crippen LogP contribution is -2.31. The summed E-state index contributed by atoms with van der Waals surface area (Å²) in [5, 5.41) is 0. The molecule has 1 N–H and O–H groups in total. The smallest absolute Gasteiger partial charge is 0.362 e. The van der Waals surface area contributed by atoms with Gasteiger partial charge in [0, 0.05) is 26.6 Å². The van der Waals surface area contributed by atoms with Crippen LogP contribution < -0.4 is 0 Å². The summed E-state index contributed by atoms with van der Waals surface area (Å²) in [6.45, 7) is 4.39. The van der Waals surface area contributed by atoms with Crippen molar-refractivity contribution >= 4 is 10.4 Å². The minimum Gasteiger partial charge on any atom is -0.362 e. The summed E-state index contributed by atoms with van der Waals surface area (Å²) in [7, 11) is -0.415. The van der Waals surface area contributed by atoms with Crippen LogP contribution in [0.4, 0.5) is 0 Å². The lowest BCUT2D eigenvalue weighted by Gasteiger charge is -2.23. The highest BCUT2D eigenvalue weighted by Crippen LogP contribution is 2.08. The Morgan fingerprint density at radius 1 is 1.47 bits per heavy atom. The van der Waals surface area contributed by atoms with E-state index in [4.69, 9.17) is 9.29 Å². The van der Waals surface area contributed by atoms with Gasteiger partial charge in [-0.05, 0) is 13.8 Å². The molecule has 0 spiro atoms. The van der Waals surface area contributed by atoms with Gasteiger partial charge in [-0.2, -0.15) is 8.42 Å². The summed E-state index contributed by atoms with van der Waals surface area (Å²) in [5.74, 6) is 0. The van der Waals surface area contributed by atoms with E-state index in [2.05, 4.69) is 14.0 Å². The SMILES string of the molecule is CCOS(=O)(=O)O.COC(C)N1C=CN(C)C1. The lowest BCUT2D eigenvalue weighted by molar-refractivity contribution is 0.00268. The molecule has 0 aromatic carbocycles. The molecule has 1 heterocycles. The van der Waals surface area contributed by atoms with Gasteiger partial charge in [-0.15, -0.1) is 0 Å². The summed E-state index contributed by atoms with van der Waals surface area (Å²) >= 11 is 0. The highest BCUT2D eigenvalue weighted by molar-refractivity contribution is 7.80. The average molecular weight is 268 g/mol. The molecule has 1 rings (SSSR count). The van der Waals surface area contributed by atoms with Gasteiger partial charge in [0.1, 0.15) is 6.23 Å². The van der Waals surface area contributed by atoms with Crippen LogP contribution >= 0.6 is 0 Å². The fourth-order valence-corrected chi connectivity index (χ4v) is 1.37. The Morgan fingerprint density at radius 2 is 2.06 bits per heavy atom. The van der Waals surface area contributed by atoms with E-state index in [-0.39, 0.29) is 12.8 Å². The van der Waals surface area contributed by atoms with E-state index in [1.807, 2.05) is 26.4 Å². The molecule has 0 amide bonds. The van der Waals surface area contributed by atoms with Crippen molar-refractivity contribution in [2.45, 2.75) is 20.1 Å². The van der Waals surface area contributed by atoms with Crippen molar-refractivity contribution in [3.05, 3.63) is 12.4 Å². The van der Waals surface area contributed by atoms with Crippen molar-refractivity contribution in [3.8, 4) is 0 Å². The standard InChI is InChI=1S/C7H14N2O.C2H6O4S/c1-7(10-3)9-5-4-8(2)6-9;1-2-6-7(3,4)5/h4-5,7H,6H2,1-3H3;2H2,1H3,(H,3,4,5). The highest BCUT2D eigenvalue weighted by Gasteiger charge is 2.13. The topological polar surface area (TPSA) is 79.3 Å². The zero-order valence-electron chi connectivity index (χ0n) is 10.5. The number of nitrogens with zero attached hydrogens (tertiary/aromatic N) is 2. The first kappa shape index (κ1) is 16.2. The molecule has 1 atom stereocenters. The third-order valence-corrected chi connectivity index (χ3v) is 2.51. The Bertz CT molecular complexity index is 330. The molecule has 0 aliphatic carbocycles. The van der Waals surface area contributed by atoms with Crippen molar-refractivity contribution in [1.82, 2.24) is 9.80 Å². The number of rotatable bonds is 4. The maximum absolute atomic E-state index is 9.56. The molecule has 0 saturated heterocycles. The molecular formula is C9H20N2O5S. The van der Waals surface area contributed by atoms with Crippen molar-refractivity contribution in [2.24, 2.45) is 0 Å². The van der Waals surface area contributed by atoms with Crippen LogP contribution in [0.15, 0.2) is 12.4 Å². The Labute approximate surface area is 103 Å². The van der Waals surface area contributed by atoms with E-state index in [9.17, 15) is 8.42 Å². The quantitative estimate of drug-likeness (QED) is 0.743. The van der Waals surface area contributed by atoms with Crippen molar-refractivity contribution < 1.29 is 21.9 Å². The molecule has 0 bridgehead atoms.